The molecule has 3 aromatic rings. The van der Waals surface area contributed by atoms with Crippen LogP contribution in [-0.2, 0) is 18.4 Å². The summed E-state index contributed by atoms with van der Waals surface area (Å²) in [5.41, 5.74) is 7.59. The quantitative estimate of drug-likeness (QED) is 0.772. The number of aryl methyl sites for hydroxylation is 1. The lowest BCUT2D eigenvalue weighted by molar-refractivity contribution is 0.0250. The average molecular weight is 356 g/mol. The van der Waals surface area contributed by atoms with Gasteiger partial charge in [-0.2, -0.15) is 15.1 Å². The molecule has 0 bridgehead atoms. The van der Waals surface area contributed by atoms with Gasteiger partial charge in [-0.25, -0.2) is 4.39 Å². The zero-order valence-corrected chi connectivity index (χ0v) is 14.6. The van der Waals surface area contributed by atoms with E-state index >= 15 is 0 Å². The Morgan fingerprint density at radius 2 is 1.92 bits per heavy atom. The van der Waals surface area contributed by atoms with Gasteiger partial charge in [-0.3, -0.25) is 4.68 Å². The van der Waals surface area contributed by atoms with Crippen LogP contribution in [0.15, 0.2) is 30.5 Å². The van der Waals surface area contributed by atoms with Gasteiger partial charge in [-0.15, -0.1) is 0 Å². The number of hydrogen-bond donors (Lipinski definition) is 1. The van der Waals surface area contributed by atoms with E-state index in [1.54, 1.807) is 23.0 Å². The van der Waals surface area contributed by atoms with Crippen LogP contribution < -0.4 is 10.6 Å². The van der Waals surface area contributed by atoms with Crippen LogP contribution in [0.1, 0.15) is 18.4 Å². The molecule has 0 radical (unpaired) electrons. The first-order chi connectivity index (χ1) is 12.6. The molecule has 1 saturated heterocycles. The first-order valence-electron chi connectivity index (χ1n) is 8.66. The van der Waals surface area contributed by atoms with Gasteiger partial charge in [0.25, 0.3) is 0 Å². The van der Waals surface area contributed by atoms with Crippen molar-refractivity contribution in [2.45, 2.75) is 25.6 Å². The summed E-state index contributed by atoms with van der Waals surface area (Å²) in [5.74, 6) is 0.858. The fraction of sp³-hybridized carbons (Fsp3) is 0.389. The number of rotatable bonds is 4. The van der Waals surface area contributed by atoms with Crippen molar-refractivity contribution in [3.8, 4) is 0 Å². The van der Waals surface area contributed by atoms with Crippen LogP contribution in [0, 0.1) is 5.82 Å². The molecule has 2 N–H and O–H groups in total. The summed E-state index contributed by atoms with van der Waals surface area (Å²) in [7, 11) is 1.84. The summed E-state index contributed by atoms with van der Waals surface area (Å²) < 4.78 is 20.6. The minimum Gasteiger partial charge on any atom is -0.373 e. The second-order valence-electron chi connectivity index (χ2n) is 6.53. The molecule has 7 nitrogen and oxygen atoms in total. The van der Waals surface area contributed by atoms with Gasteiger partial charge in [-0.1, -0.05) is 12.1 Å². The van der Waals surface area contributed by atoms with Gasteiger partial charge in [0.2, 0.25) is 5.95 Å². The lowest BCUT2D eigenvalue weighted by atomic mass is 10.1. The number of fused-ring (bicyclic) bond motifs is 1. The van der Waals surface area contributed by atoms with Crippen molar-refractivity contribution in [1.29, 1.82) is 0 Å². The molecule has 1 aliphatic heterocycles. The van der Waals surface area contributed by atoms with Gasteiger partial charge in [0.05, 0.1) is 24.3 Å². The number of nitrogens with zero attached hydrogens (tertiary/aromatic N) is 5. The molecule has 136 valence electrons. The average Bonchev–Trinajstić information content (AvgIpc) is 3.02. The van der Waals surface area contributed by atoms with Crippen LogP contribution in [0.4, 0.5) is 16.2 Å². The number of aromatic nitrogens is 4. The maximum Gasteiger partial charge on any atom is 0.224 e. The van der Waals surface area contributed by atoms with Crippen molar-refractivity contribution in [3.05, 3.63) is 41.8 Å². The summed E-state index contributed by atoms with van der Waals surface area (Å²) in [6.45, 7) is 2.15. The molecule has 4 rings (SSSR count). The van der Waals surface area contributed by atoms with Crippen LogP contribution in [0.5, 0.6) is 0 Å². The van der Waals surface area contributed by atoms with Crippen molar-refractivity contribution in [2.75, 3.05) is 23.7 Å². The number of hydrogen-bond acceptors (Lipinski definition) is 6. The Labute approximate surface area is 150 Å². The highest BCUT2D eigenvalue weighted by molar-refractivity contribution is 5.87. The predicted octanol–water partition coefficient (Wildman–Crippen LogP) is 2.27. The van der Waals surface area contributed by atoms with E-state index in [9.17, 15) is 4.39 Å². The normalized spacial score (nSPS) is 15.7. The van der Waals surface area contributed by atoms with E-state index in [-0.39, 0.29) is 17.9 Å². The standard InChI is InChI=1S/C18H21FN6O/c1-24-16-15(10-21-24)17(23-18(20)22-16)25-8-6-14(7-9-25)26-11-12-2-4-13(19)5-3-12/h2-5,10,14H,6-9,11H2,1H3,(H2,20,22,23). The van der Waals surface area contributed by atoms with Crippen molar-refractivity contribution in [3.63, 3.8) is 0 Å². The molecule has 0 amide bonds. The monoisotopic (exact) mass is 356 g/mol. The van der Waals surface area contributed by atoms with Crippen molar-refractivity contribution in [1.82, 2.24) is 19.7 Å². The summed E-state index contributed by atoms with van der Waals surface area (Å²) in [5, 5.41) is 5.17. The zero-order valence-electron chi connectivity index (χ0n) is 14.6. The molecular weight excluding hydrogens is 335 g/mol. The number of ether oxygens (including phenoxy) is 1. The van der Waals surface area contributed by atoms with Gasteiger partial charge in [0.15, 0.2) is 5.65 Å². The lowest BCUT2D eigenvalue weighted by Gasteiger charge is -2.33. The largest absolute Gasteiger partial charge is 0.373 e. The number of anilines is 2. The Kier molecular flexibility index (Phi) is 4.42. The van der Waals surface area contributed by atoms with Crippen molar-refractivity contribution in [2.24, 2.45) is 7.05 Å². The van der Waals surface area contributed by atoms with E-state index in [2.05, 4.69) is 20.0 Å². The molecule has 1 aromatic carbocycles. The first-order valence-corrected chi connectivity index (χ1v) is 8.66. The van der Waals surface area contributed by atoms with Gasteiger partial charge in [-0.05, 0) is 30.5 Å². The molecule has 2 aromatic heterocycles. The van der Waals surface area contributed by atoms with Crippen molar-refractivity contribution >= 4 is 22.8 Å². The highest BCUT2D eigenvalue weighted by Crippen LogP contribution is 2.27. The molecular formula is C18H21FN6O. The van der Waals surface area contributed by atoms with E-state index in [0.717, 1.165) is 48.3 Å². The Bertz CT molecular complexity index is 902. The third-order valence-corrected chi connectivity index (χ3v) is 4.73. The molecule has 0 saturated carbocycles. The number of halogens is 1. The number of nitrogen functional groups attached to an aromatic ring is 1. The van der Waals surface area contributed by atoms with Gasteiger partial charge in [0.1, 0.15) is 11.6 Å². The number of nitrogens with two attached hydrogens (primary N) is 1. The molecule has 3 heterocycles. The summed E-state index contributed by atoms with van der Waals surface area (Å²) >= 11 is 0. The highest BCUT2D eigenvalue weighted by Gasteiger charge is 2.23. The maximum atomic E-state index is 13.0. The fourth-order valence-corrected chi connectivity index (χ4v) is 3.29. The zero-order chi connectivity index (χ0) is 18.1. The van der Waals surface area contributed by atoms with Crippen LogP contribution in [-0.4, -0.2) is 38.9 Å². The van der Waals surface area contributed by atoms with E-state index in [1.165, 1.54) is 12.1 Å². The molecule has 0 unspecified atom stereocenters. The Balaban J connectivity index is 1.40. The molecule has 8 heteroatoms. The van der Waals surface area contributed by atoms with Gasteiger partial charge >= 0.3 is 0 Å². The Morgan fingerprint density at radius 3 is 2.65 bits per heavy atom. The SMILES string of the molecule is Cn1ncc2c(N3CCC(OCc4ccc(F)cc4)CC3)nc(N)nc21. The summed E-state index contributed by atoms with van der Waals surface area (Å²) in [4.78, 5) is 10.9. The minimum atomic E-state index is -0.229. The molecule has 26 heavy (non-hydrogen) atoms. The third-order valence-electron chi connectivity index (χ3n) is 4.73. The topological polar surface area (TPSA) is 82.1 Å². The molecule has 0 spiro atoms. The third kappa shape index (κ3) is 3.32. The van der Waals surface area contributed by atoms with Crippen molar-refractivity contribution < 1.29 is 9.13 Å². The highest BCUT2D eigenvalue weighted by atomic mass is 19.1. The minimum absolute atomic E-state index is 0.180. The van der Waals surface area contributed by atoms with E-state index < -0.39 is 0 Å². The predicted molar refractivity (Wildman–Crippen MR) is 97.1 cm³/mol. The molecule has 1 aliphatic rings. The van der Waals surface area contributed by atoms with Gasteiger partial charge < -0.3 is 15.4 Å². The first kappa shape index (κ1) is 16.7. The Morgan fingerprint density at radius 1 is 1.19 bits per heavy atom. The second kappa shape index (κ2) is 6.87. The van der Waals surface area contributed by atoms with E-state index in [1.807, 2.05) is 7.05 Å². The van der Waals surface area contributed by atoms with E-state index in [4.69, 9.17) is 10.5 Å². The Hall–Kier alpha value is -2.74. The molecule has 0 aliphatic carbocycles. The maximum absolute atomic E-state index is 13.0. The van der Waals surface area contributed by atoms with Crippen LogP contribution in [0.25, 0.3) is 11.0 Å². The van der Waals surface area contributed by atoms with Gasteiger partial charge in [0, 0.05) is 20.1 Å². The smallest absolute Gasteiger partial charge is 0.224 e. The summed E-state index contributed by atoms with van der Waals surface area (Å²) in [6.07, 6.45) is 3.75. The molecule has 0 atom stereocenters. The second-order valence-corrected chi connectivity index (χ2v) is 6.53. The van der Waals surface area contributed by atoms with E-state index in [0.29, 0.717) is 6.61 Å². The number of benzene rings is 1. The van der Waals surface area contributed by atoms with Crippen LogP contribution >= 0.6 is 0 Å². The number of piperidine rings is 1. The molecule has 1 fully saturated rings. The van der Waals surface area contributed by atoms with Crippen LogP contribution in [0.2, 0.25) is 0 Å². The van der Waals surface area contributed by atoms with Crippen LogP contribution in [0.3, 0.4) is 0 Å². The lowest BCUT2D eigenvalue weighted by Crippen LogP contribution is -2.37. The fourth-order valence-electron chi connectivity index (χ4n) is 3.29. The summed E-state index contributed by atoms with van der Waals surface area (Å²) in [6, 6.07) is 6.43.